The van der Waals surface area contributed by atoms with Gasteiger partial charge in [0.15, 0.2) is 0 Å². The number of para-hydroxylation sites is 1. The highest BCUT2D eigenvalue weighted by Crippen LogP contribution is 2.29. The van der Waals surface area contributed by atoms with Crippen molar-refractivity contribution in [3.8, 4) is 5.75 Å². The minimum atomic E-state index is 0.422. The fourth-order valence-corrected chi connectivity index (χ4v) is 2.79. The summed E-state index contributed by atoms with van der Waals surface area (Å²) in [4.78, 5) is 0. The lowest BCUT2D eigenvalue weighted by atomic mass is 10.0. The molecule has 0 saturated carbocycles. The smallest absolute Gasteiger partial charge is 0.119 e. The van der Waals surface area contributed by atoms with Crippen molar-refractivity contribution in [1.29, 1.82) is 0 Å². The summed E-state index contributed by atoms with van der Waals surface area (Å²) in [7, 11) is 0. The first kappa shape index (κ1) is 9.22. The molecular weight excluding hydrogens is 186 g/mol. The molecule has 1 aromatic rings. The van der Waals surface area contributed by atoms with Gasteiger partial charge in [0.2, 0.25) is 0 Å². The molecule has 15 heavy (non-hydrogen) atoms. The van der Waals surface area contributed by atoms with Gasteiger partial charge < -0.3 is 10.1 Å². The van der Waals surface area contributed by atoms with Crippen molar-refractivity contribution in [2.75, 3.05) is 0 Å². The molecule has 2 saturated heterocycles. The van der Waals surface area contributed by atoms with Crippen molar-refractivity contribution < 1.29 is 4.74 Å². The SMILES string of the molecule is c1ccc(OC2C[C@H]3CC[C@@H](C2)N3)cc1. The lowest BCUT2D eigenvalue weighted by Gasteiger charge is -2.29. The lowest BCUT2D eigenvalue weighted by molar-refractivity contribution is 0.137. The summed E-state index contributed by atoms with van der Waals surface area (Å²) >= 11 is 0. The molecule has 2 aliphatic heterocycles. The number of rotatable bonds is 2. The predicted octanol–water partition coefficient (Wildman–Crippen LogP) is 2.35. The Kier molecular flexibility index (Phi) is 2.37. The van der Waals surface area contributed by atoms with Crippen LogP contribution in [0, 0.1) is 0 Å². The highest BCUT2D eigenvalue weighted by Gasteiger charge is 2.34. The molecule has 2 fully saturated rings. The largest absolute Gasteiger partial charge is 0.490 e. The molecular formula is C13H17NO. The van der Waals surface area contributed by atoms with Crippen LogP contribution in [0.25, 0.3) is 0 Å². The molecule has 3 atom stereocenters. The van der Waals surface area contributed by atoms with Crippen LogP contribution in [0.15, 0.2) is 30.3 Å². The third-order valence-corrected chi connectivity index (χ3v) is 3.48. The Morgan fingerprint density at radius 1 is 1.00 bits per heavy atom. The molecule has 0 aromatic heterocycles. The maximum Gasteiger partial charge on any atom is 0.119 e. The summed E-state index contributed by atoms with van der Waals surface area (Å²) in [5.41, 5.74) is 0. The van der Waals surface area contributed by atoms with E-state index in [1.807, 2.05) is 30.3 Å². The summed E-state index contributed by atoms with van der Waals surface area (Å²) < 4.78 is 6.00. The Hall–Kier alpha value is -1.02. The number of hydrogen-bond donors (Lipinski definition) is 1. The quantitative estimate of drug-likeness (QED) is 0.796. The molecule has 2 heterocycles. The molecule has 80 valence electrons. The zero-order valence-corrected chi connectivity index (χ0v) is 8.86. The fraction of sp³-hybridized carbons (Fsp3) is 0.538. The third-order valence-electron chi connectivity index (χ3n) is 3.48. The average Bonchev–Trinajstić information content (AvgIpc) is 2.60. The summed E-state index contributed by atoms with van der Waals surface area (Å²) in [6.07, 6.45) is 5.43. The van der Waals surface area contributed by atoms with Gasteiger partial charge in [0.25, 0.3) is 0 Å². The zero-order chi connectivity index (χ0) is 10.1. The van der Waals surface area contributed by atoms with Gasteiger partial charge in [0.1, 0.15) is 11.9 Å². The van der Waals surface area contributed by atoms with Crippen LogP contribution in [-0.4, -0.2) is 18.2 Å². The van der Waals surface area contributed by atoms with Gasteiger partial charge in [0, 0.05) is 12.1 Å². The van der Waals surface area contributed by atoms with Gasteiger partial charge in [0.05, 0.1) is 0 Å². The first-order valence-corrected chi connectivity index (χ1v) is 5.88. The van der Waals surface area contributed by atoms with E-state index >= 15 is 0 Å². The van der Waals surface area contributed by atoms with E-state index < -0.39 is 0 Å². The lowest BCUT2D eigenvalue weighted by Crippen LogP contribution is -2.42. The van der Waals surface area contributed by atoms with Crippen LogP contribution in [0.3, 0.4) is 0 Å². The second-order valence-corrected chi connectivity index (χ2v) is 4.66. The van der Waals surface area contributed by atoms with Crippen LogP contribution in [0.5, 0.6) is 5.75 Å². The van der Waals surface area contributed by atoms with Crippen LogP contribution in [-0.2, 0) is 0 Å². The molecule has 0 spiro atoms. The fourth-order valence-electron chi connectivity index (χ4n) is 2.79. The Labute approximate surface area is 90.6 Å². The van der Waals surface area contributed by atoms with E-state index in [0.717, 1.165) is 5.75 Å². The molecule has 0 radical (unpaired) electrons. The van der Waals surface area contributed by atoms with Gasteiger partial charge in [-0.05, 0) is 37.8 Å². The highest BCUT2D eigenvalue weighted by atomic mass is 16.5. The van der Waals surface area contributed by atoms with Crippen LogP contribution in [0.2, 0.25) is 0 Å². The van der Waals surface area contributed by atoms with Crippen molar-refractivity contribution in [2.24, 2.45) is 0 Å². The molecule has 2 heteroatoms. The van der Waals surface area contributed by atoms with Gasteiger partial charge in [-0.3, -0.25) is 0 Å². The third kappa shape index (κ3) is 2.00. The van der Waals surface area contributed by atoms with Gasteiger partial charge >= 0.3 is 0 Å². The van der Waals surface area contributed by atoms with Crippen molar-refractivity contribution in [3.63, 3.8) is 0 Å². The second-order valence-electron chi connectivity index (χ2n) is 4.66. The van der Waals surface area contributed by atoms with Crippen LogP contribution in [0.4, 0.5) is 0 Å². The van der Waals surface area contributed by atoms with E-state index in [4.69, 9.17) is 4.74 Å². The van der Waals surface area contributed by atoms with E-state index in [1.54, 1.807) is 0 Å². The number of fused-ring (bicyclic) bond motifs is 2. The van der Waals surface area contributed by atoms with Crippen LogP contribution in [0.1, 0.15) is 25.7 Å². The molecule has 1 unspecified atom stereocenters. The van der Waals surface area contributed by atoms with Crippen LogP contribution < -0.4 is 10.1 Å². The zero-order valence-electron chi connectivity index (χ0n) is 8.86. The Bertz CT molecular complexity index is 313. The summed E-state index contributed by atoms with van der Waals surface area (Å²) in [5.74, 6) is 1.02. The number of ether oxygens (including phenoxy) is 1. The molecule has 0 aliphatic carbocycles. The van der Waals surface area contributed by atoms with E-state index in [2.05, 4.69) is 5.32 Å². The first-order chi connectivity index (χ1) is 7.40. The standard InChI is InChI=1S/C13H17NO/c1-2-4-12(5-3-1)15-13-8-10-6-7-11(9-13)14-10/h1-5,10-11,13-14H,6-9H2/t10-,11+,13?. The number of benzene rings is 1. The van der Waals surface area contributed by atoms with Gasteiger partial charge in [-0.25, -0.2) is 0 Å². The molecule has 1 N–H and O–H groups in total. The van der Waals surface area contributed by atoms with Crippen molar-refractivity contribution in [2.45, 2.75) is 43.9 Å². The Balaban J connectivity index is 1.65. The predicted molar refractivity (Wildman–Crippen MR) is 60.0 cm³/mol. The molecule has 2 nitrogen and oxygen atoms in total. The first-order valence-electron chi connectivity index (χ1n) is 5.88. The van der Waals surface area contributed by atoms with E-state index in [0.29, 0.717) is 18.2 Å². The minimum absolute atomic E-state index is 0.422. The average molecular weight is 203 g/mol. The van der Waals surface area contributed by atoms with Crippen molar-refractivity contribution >= 4 is 0 Å². The van der Waals surface area contributed by atoms with E-state index in [9.17, 15) is 0 Å². The molecule has 0 amide bonds. The molecule has 1 aromatic carbocycles. The van der Waals surface area contributed by atoms with E-state index in [-0.39, 0.29) is 0 Å². The van der Waals surface area contributed by atoms with Gasteiger partial charge in [-0.1, -0.05) is 18.2 Å². The summed E-state index contributed by atoms with van der Waals surface area (Å²) in [6.45, 7) is 0. The van der Waals surface area contributed by atoms with Gasteiger partial charge in [-0.2, -0.15) is 0 Å². The number of nitrogens with one attached hydrogen (secondary N) is 1. The minimum Gasteiger partial charge on any atom is -0.490 e. The topological polar surface area (TPSA) is 21.3 Å². The van der Waals surface area contributed by atoms with E-state index in [1.165, 1.54) is 25.7 Å². The monoisotopic (exact) mass is 203 g/mol. The molecule has 3 rings (SSSR count). The summed E-state index contributed by atoms with van der Waals surface area (Å²) in [5, 5.41) is 3.63. The van der Waals surface area contributed by atoms with Crippen LogP contribution >= 0.6 is 0 Å². The maximum absolute atomic E-state index is 6.00. The van der Waals surface area contributed by atoms with Crippen molar-refractivity contribution in [3.05, 3.63) is 30.3 Å². The highest BCUT2D eigenvalue weighted by molar-refractivity contribution is 5.21. The number of hydrogen-bond acceptors (Lipinski definition) is 2. The van der Waals surface area contributed by atoms with Gasteiger partial charge in [-0.15, -0.1) is 0 Å². The summed E-state index contributed by atoms with van der Waals surface area (Å²) in [6, 6.07) is 11.6. The maximum atomic E-state index is 6.00. The normalized spacial score (nSPS) is 34.0. The van der Waals surface area contributed by atoms with Crippen molar-refractivity contribution in [1.82, 2.24) is 5.32 Å². The molecule has 2 bridgehead atoms. The molecule has 2 aliphatic rings. The Morgan fingerprint density at radius 3 is 2.33 bits per heavy atom. The second kappa shape index (κ2) is 3.86. The number of piperidine rings is 1. The Morgan fingerprint density at radius 2 is 1.67 bits per heavy atom.